The van der Waals surface area contributed by atoms with Crippen LogP contribution >= 0.6 is 23.2 Å². The molecule has 130 valence electrons. The molecule has 1 aliphatic rings. The molecule has 2 heterocycles. The van der Waals surface area contributed by atoms with E-state index in [1.165, 1.54) is 11.9 Å². The van der Waals surface area contributed by atoms with Gasteiger partial charge in [0, 0.05) is 41.3 Å². The Morgan fingerprint density at radius 1 is 1.08 bits per heavy atom. The standard InChI is InChI=1S/C19H14Cl2N4O/c1-11(26)25-19(12-2-5-16-18(8-12)23-7-6-22-16)10-17(24-25)14-9-13(20)3-4-15(14)21/h2-9,19H,10H2,1H3. The largest absolute Gasteiger partial charge is 0.273 e. The van der Waals surface area contributed by atoms with Crippen molar-refractivity contribution in [1.29, 1.82) is 0 Å². The van der Waals surface area contributed by atoms with E-state index >= 15 is 0 Å². The first kappa shape index (κ1) is 16.9. The van der Waals surface area contributed by atoms with Gasteiger partial charge in [0.25, 0.3) is 0 Å². The quantitative estimate of drug-likeness (QED) is 0.646. The smallest absolute Gasteiger partial charge is 0.240 e. The maximum absolute atomic E-state index is 12.2. The second-order valence-electron chi connectivity index (χ2n) is 6.06. The van der Waals surface area contributed by atoms with Crippen LogP contribution in [-0.2, 0) is 4.79 Å². The molecule has 4 rings (SSSR count). The fourth-order valence-electron chi connectivity index (χ4n) is 3.13. The lowest BCUT2D eigenvalue weighted by atomic mass is 9.98. The maximum Gasteiger partial charge on any atom is 0.240 e. The van der Waals surface area contributed by atoms with Crippen LogP contribution in [0.15, 0.2) is 53.9 Å². The van der Waals surface area contributed by atoms with E-state index in [1.54, 1.807) is 30.6 Å². The van der Waals surface area contributed by atoms with Crippen molar-refractivity contribution in [2.75, 3.05) is 0 Å². The SMILES string of the molecule is CC(=O)N1N=C(c2cc(Cl)ccc2Cl)CC1c1ccc2nccnc2c1. The summed E-state index contributed by atoms with van der Waals surface area (Å²) in [6, 6.07) is 10.8. The van der Waals surface area contributed by atoms with Crippen molar-refractivity contribution in [2.24, 2.45) is 5.10 Å². The van der Waals surface area contributed by atoms with Gasteiger partial charge < -0.3 is 0 Å². The Hall–Kier alpha value is -2.50. The minimum Gasteiger partial charge on any atom is -0.273 e. The number of halogens is 2. The van der Waals surface area contributed by atoms with Crippen molar-refractivity contribution >= 4 is 45.9 Å². The van der Waals surface area contributed by atoms with E-state index in [0.29, 0.717) is 16.5 Å². The third kappa shape index (κ3) is 3.04. The molecule has 0 spiro atoms. The molecule has 2 aromatic carbocycles. The molecule has 1 unspecified atom stereocenters. The van der Waals surface area contributed by atoms with Crippen molar-refractivity contribution in [3.8, 4) is 0 Å². The van der Waals surface area contributed by atoms with Gasteiger partial charge in [-0.15, -0.1) is 0 Å². The van der Waals surface area contributed by atoms with Crippen molar-refractivity contribution < 1.29 is 4.79 Å². The normalized spacial score (nSPS) is 16.8. The molecule has 5 nitrogen and oxygen atoms in total. The van der Waals surface area contributed by atoms with E-state index in [4.69, 9.17) is 23.2 Å². The number of hydrazone groups is 1. The van der Waals surface area contributed by atoms with Crippen molar-refractivity contribution in [1.82, 2.24) is 15.0 Å². The van der Waals surface area contributed by atoms with Crippen LogP contribution in [-0.4, -0.2) is 26.6 Å². The maximum atomic E-state index is 12.2. The minimum atomic E-state index is -0.219. The van der Waals surface area contributed by atoms with E-state index in [1.807, 2.05) is 18.2 Å². The number of rotatable bonds is 2. The van der Waals surface area contributed by atoms with Crippen LogP contribution in [0.3, 0.4) is 0 Å². The van der Waals surface area contributed by atoms with Gasteiger partial charge >= 0.3 is 0 Å². The van der Waals surface area contributed by atoms with E-state index in [2.05, 4.69) is 15.1 Å². The van der Waals surface area contributed by atoms with Gasteiger partial charge in [-0.3, -0.25) is 14.8 Å². The van der Waals surface area contributed by atoms with E-state index in [0.717, 1.165) is 27.9 Å². The summed E-state index contributed by atoms with van der Waals surface area (Å²) in [7, 11) is 0. The minimum absolute atomic E-state index is 0.137. The third-order valence-electron chi connectivity index (χ3n) is 4.35. The summed E-state index contributed by atoms with van der Waals surface area (Å²) < 4.78 is 0. The van der Waals surface area contributed by atoms with Crippen molar-refractivity contribution in [3.05, 3.63) is 70.0 Å². The molecule has 1 atom stereocenters. The van der Waals surface area contributed by atoms with Crippen LogP contribution in [0.25, 0.3) is 11.0 Å². The molecule has 1 amide bonds. The number of benzene rings is 2. The number of amides is 1. The highest BCUT2D eigenvalue weighted by atomic mass is 35.5. The van der Waals surface area contributed by atoms with Gasteiger partial charge in [-0.1, -0.05) is 29.3 Å². The molecule has 0 N–H and O–H groups in total. The molecule has 0 bridgehead atoms. The number of aromatic nitrogens is 2. The third-order valence-corrected chi connectivity index (χ3v) is 4.92. The number of hydrogen-bond donors (Lipinski definition) is 0. The lowest BCUT2D eigenvalue weighted by Crippen LogP contribution is -2.24. The first-order valence-electron chi connectivity index (χ1n) is 8.06. The topological polar surface area (TPSA) is 58.5 Å². The van der Waals surface area contributed by atoms with Gasteiger partial charge in [-0.2, -0.15) is 5.10 Å². The Balaban J connectivity index is 1.75. The number of carbonyl (C=O) groups is 1. The summed E-state index contributed by atoms with van der Waals surface area (Å²) in [4.78, 5) is 20.8. The summed E-state index contributed by atoms with van der Waals surface area (Å²) >= 11 is 12.4. The molecule has 0 saturated carbocycles. The summed E-state index contributed by atoms with van der Waals surface area (Å²) in [6.07, 6.45) is 3.85. The highest BCUT2D eigenvalue weighted by Crippen LogP contribution is 2.35. The highest BCUT2D eigenvalue weighted by Gasteiger charge is 2.32. The molecule has 0 fully saturated rings. The van der Waals surface area contributed by atoms with E-state index in [9.17, 15) is 4.79 Å². The van der Waals surface area contributed by atoms with Crippen LogP contribution < -0.4 is 0 Å². The zero-order valence-electron chi connectivity index (χ0n) is 13.9. The monoisotopic (exact) mass is 384 g/mol. The van der Waals surface area contributed by atoms with Crippen molar-refractivity contribution in [3.63, 3.8) is 0 Å². The van der Waals surface area contributed by atoms with Gasteiger partial charge in [0.1, 0.15) is 0 Å². The lowest BCUT2D eigenvalue weighted by molar-refractivity contribution is -0.130. The van der Waals surface area contributed by atoms with Gasteiger partial charge in [0.15, 0.2) is 0 Å². The molecular formula is C19H14Cl2N4O. The van der Waals surface area contributed by atoms with Gasteiger partial charge in [0.05, 0.1) is 22.8 Å². The predicted octanol–water partition coefficient (Wildman–Crippen LogP) is 4.63. The second-order valence-corrected chi connectivity index (χ2v) is 6.90. The molecule has 0 radical (unpaired) electrons. The zero-order valence-corrected chi connectivity index (χ0v) is 15.4. The van der Waals surface area contributed by atoms with E-state index < -0.39 is 0 Å². The summed E-state index contributed by atoms with van der Waals surface area (Å²) in [5.74, 6) is -0.137. The first-order chi connectivity index (χ1) is 12.5. The van der Waals surface area contributed by atoms with Gasteiger partial charge in [0.2, 0.25) is 5.91 Å². The molecule has 7 heteroatoms. The second kappa shape index (κ2) is 6.67. The number of carbonyl (C=O) groups excluding carboxylic acids is 1. The Morgan fingerprint density at radius 2 is 1.85 bits per heavy atom. The van der Waals surface area contributed by atoms with E-state index in [-0.39, 0.29) is 11.9 Å². The Bertz CT molecular complexity index is 1050. The Kier molecular flexibility index (Phi) is 4.34. The molecule has 1 aromatic heterocycles. The average molecular weight is 385 g/mol. The average Bonchev–Trinajstić information content (AvgIpc) is 3.09. The number of fused-ring (bicyclic) bond motifs is 1. The molecular weight excluding hydrogens is 371 g/mol. The fraction of sp³-hybridized carbons (Fsp3) is 0.158. The summed E-state index contributed by atoms with van der Waals surface area (Å²) in [5.41, 5.74) is 4.01. The molecule has 26 heavy (non-hydrogen) atoms. The van der Waals surface area contributed by atoms with Gasteiger partial charge in [-0.25, -0.2) is 5.01 Å². The zero-order chi connectivity index (χ0) is 18.3. The van der Waals surface area contributed by atoms with Crippen LogP contribution in [0.4, 0.5) is 0 Å². The van der Waals surface area contributed by atoms with Gasteiger partial charge in [-0.05, 0) is 35.9 Å². The fourth-order valence-corrected chi connectivity index (χ4v) is 3.53. The Labute approximate surface area is 160 Å². The van der Waals surface area contributed by atoms with Crippen LogP contribution in [0.5, 0.6) is 0 Å². The van der Waals surface area contributed by atoms with Crippen LogP contribution in [0.1, 0.15) is 30.5 Å². The molecule has 3 aromatic rings. The highest BCUT2D eigenvalue weighted by molar-refractivity contribution is 6.36. The van der Waals surface area contributed by atoms with Crippen LogP contribution in [0.2, 0.25) is 10.0 Å². The summed E-state index contributed by atoms with van der Waals surface area (Å²) in [6.45, 7) is 1.50. The van der Waals surface area contributed by atoms with Crippen LogP contribution in [0, 0.1) is 0 Å². The summed E-state index contributed by atoms with van der Waals surface area (Å²) in [5, 5.41) is 7.14. The van der Waals surface area contributed by atoms with Crippen molar-refractivity contribution in [2.45, 2.75) is 19.4 Å². The first-order valence-corrected chi connectivity index (χ1v) is 8.82. The number of hydrogen-bond acceptors (Lipinski definition) is 4. The predicted molar refractivity (Wildman–Crippen MR) is 102 cm³/mol. The number of nitrogens with zero attached hydrogens (tertiary/aromatic N) is 4. The Morgan fingerprint density at radius 3 is 2.62 bits per heavy atom. The molecule has 0 aliphatic carbocycles. The lowest BCUT2D eigenvalue weighted by Gasteiger charge is -2.20. The molecule has 1 aliphatic heterocycles. The molecule has 0 saturated heterocycles.